The molecule has 0 unspecified atom stereocenters. The molecule has 6 heteroatoms. The minimum Gasteiger partial charge on any atom is -0.370 e. The van der Waals surface area contributed by atoms with Gasteiger partial charge in [0.05, 0.1) is 18.3 Å². The number of aromatic nitrogens is 2. The third-order valence-electron chi connectivity index (χ3n) is 4.48. The van der Waals surface area contributed by atoms with Gasteiger partial charge in [-0.1, -0.05) is 25.7 Å². The lowest BCUT2D eigenvalue weighted by Crippen LogP contribution is -2.38. The van der Waals surface area contributed by atoms with Crippen LogP contribution in [0.5, 0.6) is 0 Å². The molecule has 0 atom stereocenters. The molecule has 2 saturated carbocycles. The molecule has 3 rings (SSSR count). The predicted octanol–water partition coefficient (Wildman–Crippen LogP) is 2.96. The van der Waals surface area contributed by atoms with E-state index in [0.29, 0.717) is 24.6 Å². The summed E-state index contributed by atoms with van der Waals surface area (Å²) in [5.74, 6) is 0.562. The lowest BCUT2D eigenvalue weighted by atomic mass is 10.2. The van der Waals surface area contributed by atoms with Crippen molar-refractivity contribution in [3.05, 3.63) is 18.0 Å². The summed E-state index contributed by atoms with van der Waals surface area (Å²) in [7, 11) is 0. The molecule has 2 aliphatic rings. The number of nitrogens with two attached hydrogens (primary N) is 1. The highest BCUT2D eigenvalue weighted by atomic mass is 127. The molecular formula is C15H26IN5. The molecule has 118 valence electrons. The van der Waals surface area contributed by atoms with Crippen molar-refractivity contribution < 1.29 is 0 Å². The van der Waals surface area contributed by atoms with E-state index in [1.54, 1.807) is 0 Å². The van der Waals surface area contributed by atoms with Gasteiger partial charge in [-0.25, -0.2) is 4.99 Å². The van der Waals surface area contributed by atoms with Gasteiger partial charge < -0.3 is 11.1 Å². The van der Waals surface area contributed by atoms with Crippen LogP contribution in [0, 0.1) is 0 Å². The van der Waals surface area contributed by atoms with Crippen molar-refractivity contribution in [2.45, 2.75) is 70.0 Å². The summed E-state index contributed by atoms with van der Waals surface area (Å²) >= 11 is 0. The summed E-state index contributed by atoms with van der Waals surface area (Å²) < 4.78 is 2.11. The summed E-state index contributed by atoms with van der Waals surface area (Å²) in [5.41, 5.74) is 6.94. The molecular weight excluding hydrogens is 377 g/mol. The zero-order valence-corrected chi connectivity index (χ0v) is 14.8. The second-order valence-electron chi connectivity index (χ2n) is 6.05. The number of hydrogen-bond acceptors (Lipinski definition) is 2. The highest BCUT2D eigenvalue weighted by molar-refractivity contribution is 14.0. The van der Waals surface area contributed by atoms with Gasteiger partial charge in [0, 0.05) is 12.2 Å². The normalized spacial score (nSPS) is 20.7. The van der Waals surface area contributed by atoms with Crippen molar-refractivity contribution in [2.24, 2.45) is 10.7 Å². The SMILES string of the molecule is I.NC(=NCc1ccn(C2CCCC2)n1)NC1CCCC1. The van der Waals surface area contributed by atoms with Crippen LogP contribution in [0.15, 0.2) is 17.3 Å². The average molecular weight is 403 g/mol. The van der Waals surface area contributed by atoms with Gasteiger partial charge in [0.1, 0.15) is 0 Å². The van der Waals surface area contributed by atoms with Gasteiger partial charge in [0.25, 0.3) is 0 Å². The summed E-state index contributed by atoms with van der Waals surface area (Å²) in [6, 6.07) is 3.18. The summed E-state index contributed by atoms with van der Waals surface area (Å²) in [5, 5.41) is 7.93. The first-order valence-corrected chi connectivity index (χ1v) is 7.92. The van der Waals surface area contributed by atoms with E-state index in [1.165, 1.54) is 51.4 Å². The van der Waals surface area contributed by atoms with E-state index in [2.05, 4.69) is 32.4 Å². The zero-order valence-electron chi connectivity index (χ0n) is 12.5. The number of guanidine groups is 1. The molecule has 1 heterocycles. The Balaban J connectivity index is 0.00000161. The van der Waals surface area contributed by atoms with Crippen molar-refractivity contribution in [1.82, 2.24) is 15.1 Å². The third-order valence-corrected chi connectivity index (χ3v) is 4.48. The molecule has 1 aromatic rings. The van der Waals surface area contributed by atoms with E-state index in [0.717, 1.165) is 5.69 Å². The maximum atomic E-state index is 5.93. The van der Waals surface area contributed by atoms with E-state index in [-0.39, 0.29) is 24.0 Å². The summed E-state index contributed by atoms with van der Waals surface area (Å²) in [6.45, 7) is 0.575. The molecule has 0 radical (unpaired) electrons. The Hall–Kier alpha value is -0.790. The first kappa shape index (κ1) is 16.6. The monoisotopic (exact) mass is 403 g/mol. The zero-order chi connectivity index (χ0) is 13.8. The molecule has 0 aromatic carbocycles. The Morgan fingerprint density at radius 1 is 1.24 bits per heavy atom. The molecule has 2 fully saturated rings. The Labute approximate surface area is 143 Å². The van der Waals surface area contributed by atoms with Crippen LogP contribution in [0.3, 0.4) is 0 Å². The van der Waals surface area contributed by atoms with Crippen LogP contribution >= 0.6 is 24.0 Å². The number of nitrogens with zero attached hydrogens (tertiary/aromatic N) is 3. The standard InChI is InChI=1S/C15H25N5.HI/c16-15(18-12-5-1-2-6-12)17-11-13-9-10-20(19-13)14-7-3-4-8-14;/h9-10,12,14H,1-8,11H2,(H3,16,17,18);1H. The second kappa shape index (κ2) is 8.00. The lowest BCUT2D eigenvalue weighted by Gasteiger charge is -2.12. The molecule has 21 heavy (non-hydrogen) atoms. The molecule has 2 aliphatic carbocycles. The van der Waals surface area contributed by atoms with Crippen LogP contribution < -0.4 is 11.1 Å². The maximum absolute atomic E-state index is 5.93. The number of nitrogens with one attached hydrogen (secondary N) is 1. The Kier molecular flexibility index (Phi) is 6.32. The van der Waals surface area contributed by atoms with Crippen molar-refractivity contribution in [3.8, 4) is 0 Å². The van der Waals surface area contributed by atoms with E-state index < -0.39 is 0 Å². The predicted molar refractivity (Wildman–Crippen MR) is 95.9 cm³/mol. The van der Waals surface area contributed by atoms with E-state index in [9.17, 15) is 0 Å². The molecule has 0 aliphatic heterocycles. The molecule has 0 amide bonds. The van der Waals surface area contributed by atoms with Gasteiger partial charge in [0.15, 0.2) is 5.96 Å². The van der Waals surface area contributed by atoms with Crippen LogP contribution in [0.2, 0.25) is 0 Å². The summed E-state index contributed by atoms with van der Waals surface area (Å²) in [6.07, 6.45) is 12.3. The fourth-order valence-electron chi connectivity index (χ4n) is 3.32. The fraction of sp³-hybridized carbons (Fsp3) is 0.733. The van der Waals surface area contributed by atoms with Crippen molar-refractivity contribution >= 4 is 29.9 Å². The topological polar surface area (TPSA) is 68.2 Å². The molecule has 0 saturated heterocycles. The minimum atomic E-state index is 0. The molecule has 1 aromatic heterocycles. The first-order chi connectivity index (χ1) is 9.81. The van der Waals surface area contributed by atoms with Crippen LogP contribution in [0.1, 0.15) is 63.1 Å². The quantitative estimate of drug-likeness (QED) is 0.462. The Morgan fingerprint density at radius 2 is 1.90 bits per heavy atom. The molecule has 0 bridgehead atoms. The fourth-order valence-corrected chi connectivity index (χ4v) is 3.32. The third kappa shape index (κ3) is 4.59. The van der Waals surface area contributed by atoms with E-state index in [1.807, 2.05) is 0 Å². The van der Waals surface area contributed by atoms with Crippen LogP contribution in [-0.4, -0.2) is 21.8 Å². The van der Waals surface area contributed by atoms with Gasteiger partial charge in [-0.05, 0) is 31.7 Å². The molecule has 0 spiro atoms. The minimum absolute atomic E-state index is 0. The average Bonchev–Trinajstić information content (AvgIpc) is 3.18. The maximum Gasteiger partial charge on any atom is 0.189 e. The Bertz CT molecular complexity index is 458. The molecule has 5 nitrogen and oxygen atoms in total. The second-order valence-corrected chi connectivity index (χ2v) is 6.05. The van der Waals surface area contributed by atoms with Crippen LogP contribution in [0.25, 0.3) is 0 Å². The number of hydrogen-bond donors (Lipinski definition) is 2. The van der Waals surface area contributed by atoms with Crippen molar-refractivity contribution in [2.75, 3.05) is 0 Å². The number of aliphatic imine (C=N–C) groups is 1. The van der Waals surface area contributed by atoms with E-state index >= 15 is 0 Å². The van der Waals surface area contributed by atoms with Gasteiger partial charge in [0.2, 0.25) is 0 Å². The number of halogens is 1. The lowest BCUT2D eigenvalue weighted by molar-refractivity contribution is 0.463. The van der Waals surface area contributed by atoms with E-state index in [4.69, 9.17) is 5.73 Å². The Morgan fingerprint density at radius 3 is 2.62 bits per heavy atom. The van der Waals surface area contributed by atoms with Crippen LogP contribution in [-0.2, 0) is 6.54 Å². The first-order valence-electron chi connectivity index (χ1n) is 7.92. The van der Waals surface area contributed by atoms with Gasteiger partial charge in [-0.2, -0.15) is 5.10 Å². The number of rotatable bonds is 4. The summed E-state index contributed by atoms with van der Waals surface area (Å²) in [4.78, 5) is 4.41. The highest BCUT2D eigenvalue weighted by Crippen LogP contribution is 2.28. The smallest absolute Gasteiger partial charge is 0.189 e. The van der Waals surface area contributed by atoms with Crippen LogP contribution in [0.4, 0.5) is 0 Å². The molecule has 3 N–H and O–H groups in total. The van der Waals surface area contributed by atoms with Crippen molar-refractivity contribution in [3.63, 3.8) is 0 Å². The van der Waals surface area contributed by atoms with Gasteiger partial charge in [-0.3, -0.25) is 4.68 Å². The van der Waals surface area contributed by atoms with Gasteiger partial charge in [-0.15, -0.1) is 24.0 Å². The largest absolute Gasteiger partial charge is 0.370 e. The highest BCUT2D eigenvalue weighted by Gasteiger charge is 2.17. The van der Waals surface area contributed by atoms with Gasteiger partial charge >= 0.3 is 0 Å². The van der Waals surface area contributed by atoms with Crippen molar-refractivity contribution in [1.29, 1.82) is 0 Å².